The van der Waals surface area contributed by atoms with Crippen LogP contribution in [0.5, 0.6) is 0 Å². The largest absolute Gasteiger partial charge is 0.471 e. The number of hydrogen-bond acceptors (Lipinski definition) is 1. The van der Waals surface area contributed by atoms with Crippen LogP contribution in [0.3, 0.4) is 0 Å². The average Bonchev–Trinajstić information content (AvgIpc) is 2.26. The van der Waals surface area contributed by atoms with E-state index >= 15 is 0 Å². The number of nitrogens with zero attached hydrogens (tertiary/aromatic N) is 1. The minimum Gasteiger partial charge on any atom is -0.330 e. The van der Waals surface area contributed by atoms with Crippen LogP contribution in [0.25, 0.3) is 0 Å². The molecule has 1 aliphatic rings. The summed E-state index contributed by atoms with van der Waals surface area (Å²) >= 11 is 0. The Morgan fingerprint density at radius 3 is 2.59 bits per heavy atom. The van der Waals surface area contributed by atoms with E-state index in [2.05, 4.69) is 0 Å². The molecule has 0 saturated heterocycles. The molecule has 0 radical (unpaired) electrons. The number of alkyl halides is 3. The van der Waals surface area contributed by atoms with Crippen LogP contribution in [-0.4, -0.2) is 23.5 Å². The molecule has 92 valence electrons. The maximum atomic E-state index is 12.9. The Morgan fingerprint density at radius 1 is 1.24 bits per heavy atom. The van der Waals surface area contributed by atoms with Crippen molar-refractivity contribution in [1.29, 1.82) is 0 Å². The van der Waals surface area contributed by atoms with Crippen molar-refractivity contribution in [3.8, 4) is 0 Å². The molecule has 17 heavy (non-hydrogen) atoms. The predicted molar refractivity (Wildman–Crippen MR) is 51.6 cm³/mol. The third-order valence-electron chi connectivity index (χ3n) is 2.71. The first-order valence-corrected chi connectivity index (χ1v) is 5.01. The second kappa shape index (κ2) is 4.01. The van der Waals surface area contributed by atoms with Crippen LogP contribution < -0.4 is 0 Å². The van der Waals surface area contributed by atoms with Gasteiger partial charge in [-0.3, -0.25) is 4.79 Å². The van der Waals surface area contributed by atoms with Crippen molar-refractivity contribution < 1.29 is 22.4 Å². The maximum Gasteiger partial charge on any atom is 0.471 e. The fraction of sp³-hybridized carbons (Fsp3) is 0.364. The van der Waals surface area contributed by atoms with Gasteiger partial charge in [-0.05, 0) is 29.7 Å². The molecule has 0 saturated carbocycles. The van der Waals surface area contributed by atoms with E-state index in [4.69, 9.17) is 0 Å². The van der Waals surface area contributed by atoms with Crippen LogP contribution in [0.4, 0.5) is 17.6 Å². The summed E-state index contributed by atoms with van der Waals surface area (Å²) in [5.74, 6) is -2.26. The third-order valence-corrected chi connectivity index (χ3v) is 2.71. The van der Waals surface area contributed by atoms with Gasteiger partial charge in [-0.25, -0.2) is 4.39 Å². The summed E-state index contributed by atoms with van der Waals surface area (Å²) in [6, 6.07) is 3.89. The highest BCUT2D eigenvalue weighted by Crippen LogP contribution is 2.25. The Labute approximate surface area is 94.8 Å². The summed E-state index contributed by atoms with van der Waals surface area (Å²) in [4.78, 5) is 11.8. The van der Waals surface area contributed by atoms with Gasteiger partial charge in [0.25, 0.3) is 0 Å². The highest BCUT2D eigenvalue weighted by Gasteiger charge is 2.43. The number of amides is 1. The zero-order chi connectivity index (χ0) is 12.6. The molecule has 0 N–H and O–H groups in total. The number of rotatable bonds is 0. The van der Waals surface area contributed by atoms with E-state index in [0.29, 0.717) is 11.1 Å². The summed E-state index contributed by atoms with van der Waals surface area (Å²) in [7, 11) is 0. The highest BCUT2D eigenvalue weighted by atomic mass is 19.4. The van der Waals surface area contributed by atoms with Gasteiger partial charge in [0.1, 0.15) is 5.82 Å². The first-order valence-electron chi connectivity index (χ1n) is 5.01. The summed E-state index contributed by atoms with van der Waals surface area (Å²) < 4.78 is 49.5. The van der Waals surface area contributed by atoms with Gasteiger partial charge in [-0.2, -0.15) is 13.2 Å². The molecule has 0 aromatic heterocycles. The Bertz CT molecular complexity index is 455. The third kappa shape index (κ3) is 2.40. The van der Waals surface area contributed by atoms with Gasteiger partial charge in [-0.15, -0.1) is 0 Å². The van der Waals surface area contributed by atoms with Gasteiger partial charge in [-0.1, -0.05) is 6.07 Å². The Balaban J connectivity index is 2.19. The second-order valence-corrected chi connectivity index (χ2v) is 3.89. The molecule has 0 bridgehead atoms. The monoisotopic (exact) mass is 247 g/mol. The molecular weight excluding hydrogens is 238 g/mol. The molecule has 1 aromatic carbocycles. The summed E-state index contributed by atoms with van der Waals surface area (Å²) in [6.45, 7) is -0.150. The van der Waals surface area contributed by atoms with E-state index in [0.717, 1.165) is 4.90 Å². The summed E-state index contributed by atoms with van der Waals surface area (Å²) in [5.41, 5.74) is 1.23. The van der Waals surface area contributed by atoms with Crippen LogP contribution in [0.1, 0.15) is 11.1 Å². The molecule has 0 unspecified atom stereocenters. The Hall–Kier alpha value is -1.59. The molecule has 2 nitrogen and oxygen atoms in total. The minimum atomic E-state index is -4.85. The van der Waals surface area contributed by atoms with E-state index in [1.54, 1.807) is 0 Å². The topological polar surface area (TPSA) is 20.3 Å². The Morgan fingerprint density at radius 2 is 1.94 bits per heavy atom. The molecule has 1 heterocycles. The average molecular weight is 247 g/mol. The lowest BCUT2D eigenvalue weighted by atomic mass is 9.99. The van der Waals surface area contributed by atoms with Crippen molar-refractivity contribution >= 4 is 5.91 Å². The maximum absolute atomic E-state index is 12.9. The number of hydrogen-bond donors (Lipinski definition) is 0. The van der Waals surface area contributed by atoms with Crippen LogP contribution in [0, 0.1) is 5.82 Å². The SMILES string of the molecule is O=C(N1CCc2cc(F)ccc2C1)C(F)(F)F. The van der Waals surface area contributed by atoms with Crippen LogP contribution >= 0.6 is 0 Å². The first kappa shape index (κ1) is 11.9. The molecule has 0 aliphatic carbocycles. The fourth-order valence-electron chi connectivity index (χ4n) is 1.87. The molecular formula is C11H9F4NO. The van der Waals surface area contributed by atoms with Crippen molar-refractivity contribution in [3.05, 3.63) is 35.1 Å². The van der Waals surface area contributed by atoms with Crippen molar-refractivity contribution in [2.45, 2.75) is 19.1 Å². The zero-order valence-electron chi connectivity index (χ0n) is 8.72. The molecule has 0 atom stereocenters. The zero-order valence-corrected chi connectivity index (χ0v) is 8.72. The molecule has 0 fully saturated rings. The highest BCUT2D eigenvalue weighted by molar-refractivity contribution is 5.82. The molecule has 2 rings (SSSR count). The van der Waals surface area contributed by atoms with E-state index in [-0.39, 0.29) is 19.5 Å². The lowest BCUT2D eigenvalue weighted by Gasteiger charge is -2.29. The first-order chi connectivity index (χ1) is 7.88. The van der Waals surface area contributed by atoms with Crippen LogP contribution in [-0.2, 0) is 17.8 Å². The van der Waals surface area contributed by atoms with Gasteiger partial charge in [0, 0.05) is 13.1 Å². The van der Waals surface area contributed by atoms with E-state index < -0.39 is 17.9 Å². The predicted octanol–water partition coefficient (Wildman–Crippen LogP) is 2.27. The fourth-order valence-corrected chi connectivity index (χ4v) is 1.87. The molecule has 0 spiro atoms. The van der Waals surface area contributed by atoms with Crippen molar-refractivity contribution in [3.63, 3.8) is 0 Å². The van der Waals surface area contributed by atoms with E-state index in [1.165, 1.54) is 18.2 Å². The number of carbonyl (C=O) groups excluding carboxylic acids is 1. The number of halogens is 4. The van der Waals surface area contributed by atoms with Crippen molar-refractivity contribution in [2.24, 2.45) is 0 Å². The van der Waals surface area contributed by atoms with Crippen molar-refractivity contribution in [2.75, 3.05) is 6.54 Å². The molecule has 6 heteroatoms. The quantitative estimate of drug-likeness (QED) is 0.644. The molecule has 1 amide bonds. The van der Waals surface area contributed by atoms with Crippen molar-refractivity contribution in [1.82, 2.24) is 4.90 Å². The minimum absolute atomic E-state index is 0.0329. The standard InChI is InChI=1S/C11H9F4NO/c12-9-2-1-8-6-16(4-3-7(8)5-9)10(17)11(13,14)15/h1-2,5H,3-4,6H2. The normalized spacial score (nSPS) is 15.6. The number of benzene rings is 1. The van der Waals surface area contributed by atoms with E-state index in [9.17, 15) is 22.4 Å². The second-order valence-electron chi connectivity index (χ2n) is 3.89. The number of fused-ring (bicyclic) bond motifs is 1. The lowest BCUT2D eigenvalue weighted by Crippen LogP contribution is -2.43. The smallest absolute Gasteiger partial charge is 0.330 e. The Kier molecular flexibility index (Phi) is 2.81. The van der Waals surface area contributed by atoms with E-state index in [1.807, 2.05) is 0 Å². The number of carbonyl (C=O) groups is 1. The van der Waals surface area contributed by atoms with Gasteiger partial charge in [0.2, 0.25) is 0 Å². The summed E-state index contributed by atoms with van der Waals surface area (Å²) in [5, 5.41) is 0. The van der Waals surface area contributed by atoms with Gasteiger partial charge >= 0.3 is 12.1 Å². The van der Waals surface area contributed by atoms with Gasteiger partial charge < -0.3 is 4.90 Å². The van der Waals surface area contributed by atoms with Gasteiger partial charge in [0.15, 0.2) is 0 Å². The summed E-state index contributed by atoms with van der Waals surface area (Å²) in [6.07, 6.45) is -4.60. The molecule has 1 aromatic rings. The molecule has 1 aliphatic heterocycles. The lowest BCUT2D eigenvalue weighted by molar-refractivity contribution is -0.186. The van der Waals surface area contributed by atoms with Crippen LogP contribution in [0.15, 0.2) is 18.2 Å². The van der Waals surface area contributed by atoms with Gasteiger partial charge in [0.05, 0.1) is 0 Å². The van der Waals surface area contributed by atoms with Crippen LogP contribution in [0.2, 0.25) is 0 Å².